The lowest BCUT2D eigenvalue weighted by Gasteiger charge is -2.16. The van der Waals surface area contributed by atoms with Crippen molar-refractivity contribution in [3.05, 3.63) is 18.2 Å². The molecule has 8 heteroatoms. The van der Waals surface area contributed by atoms with Crippen molar-refractivity contribution in [2.75, 3.05) is 25.3 Å². The molecular weight excluding hydrogens is 354 g/mol. The Hall–Kier alpha value is -2.09. The molecule has 0 spiro atoms. The van der Waals surface area contributed by atoms with E-state index < -0.39 is 0 Å². The summed E-state index contributed by atoms with van der Waals surface area (Å²) in [6, 6.07) is 5.73. The minimum Gasteiger partial charge on any atom is -0.497 e. The van der Waals surface area contributed by atoms with Crippen LogP contribution in [0.4, 0.5) is 10.5 Å². The van der Waals surface area contributed by atoms with Gasteiger partial charge in [-0.2, -0.15) is 11.8 Å². The van der Waals surface area contributed by atoms with Crippen molar-refractivity contribution in [2.45, 2.75) is 43.0 Å². The van der Waals surface area contributed by atoms with Crippen molar-refractivity contribution in [2.24, 2.45) is 0 Å². The molecule has 3 rings (SSSR count). The summed E-state index contributed by atoms with van der Waals surface area (Å²) >= 11 is 1.90. The number of ether oxygens (including phenoxy) is 2. The molecule has 3 atom stereocenters. The van der Waals surface area contributed by atoms with Gasteiger partial charge in [-0.3, -0.25) is 4.79 Å². The second-order valence-corrected chi connectivity index (χ2v) is 7.75. The summed E-state index contributed by atoms with van der Waals surface area (Å²) in [7, 11) is 3.15. The molecule has 2 aliphatic rings. The van der Waals surface area contributed by atoms with Crippen molar-refractivity contribution in [3.63, 3.8) is 0 Å². The normalized spacial score (nSPS) is 23.8. The number of fused-ring (bicyclic) bond motifs is 1. The van der Waals surface area contributed by atoms with Crippen molar-refractivity contribution in [1.82, 2.24) is 10.6 Å². The smallest absolute Gasteiger partial charge is 0.315 e. The van der Waals surface area contributed by atoms with E-state index in [4.69, 9.17) is 9.47 Å². The Morgan fingerprint density at radius 1 is 1.27 bits per heavy atom. The van der Waals surface area contributed by atoms with Gasteiger partial charge in [0.05, 0.1) is 32.0 Å². The van der Waals surface area contributed by atoms with Crippen LogP contribution in [0.2, 0.25) is 0 Å². The number of unbranched alkanes of at least 4 members (excludes halogenated alkanes) is 1. The molecule has 2 aliphatic heterocycles. The van der Waals surface area contributed by atoms with Gasteiger partial charge in [-0.1, -0.05) is 6.42 Å². The van der Waals surface area contributed by atoms with E-state index in [9.17, 15) is 9.59 Å². The van der Waals surface area contributed by atoms with Crippen LogP contribution < -0.4 is 25.4 Å². The maximum atomic E-state index is 12.2. The number of anilines is 1. The first kappa shape index (κ1) is 18.7. The molecule has 1 aromatic rings. The summed E-state index contributed by atoms with van der Waals surface area (Å²) in [6.45, 7) is 0. The maximum Gasteiger partial charge on any atom is 0.315 e. The van der Waals surface area contributed by atoms with Crippen LogP contribution in [-0.2, 0) is 4.79 Å². The Morgan fingerprint density at radius 2 is 2.12 bits per heavy atom. The molecule has 0 bridgehead atoms. The number of nitrogens with one attached hydrogen (secondary N) is 3. The van der Waals surface area contributed by atoms with E-state index in [1.807, 2.05) is 11.8 Å². The van der Waals surface area contributed by atoms with Crippen LogP contribution in [0.5, 0.6) is 11.5 Å². The minimum absolute atomic E-state index is 0.0266. The largest absolute Gasteiger partial charge is 0.497 e. The highest BCUT2D eigenvalue weighted by Gasteiger charge is 2.42. The average molecular weight is 379 g/mol. The van der Waals surface area contributed by atoms with Crippen LogP contribution in [0, 0.1) is 0 Å². The van der Waals surface area contributed by atoms with E-state index in [2.05, 4.69) is 16.0 Å². The third-order valence-electron chi connectivity index (χ3n) is 4.76. The summed E-state index contributed by atoms with van der Waals surface area (Å²) in [5.41, 5.74) is 0.646. The summed E-state index contributed by atoms with van der Waals surface area (Å²) in [5, 5.41) is 9.27. The van der Waals surface area contributed by atoms with Gasteiger partial charge in [0.15, 0.2) is 0 Å². The predicted molar refractivity (Wildman–Crippen MR) is 102 cm³/mol. The van der Waals surface area contributed by atoms with Crippen LogP contribution in [0.3, 0.4) is 0 Å². The molecule has 2 fully saturated rings. The molecule has 2 heterocycles. The second-order valence-electron chi connectivity index (χ2n) is 6.48. The standard InChI is InChI=1S/C18H25N3O4S/c1-24-11-7-8-12(14(9-11)25-2)19-16(22)6-4-3-5-15-17-13(10-26-15)20-18(23)21-17/h7-9,13,15,17H,3-6,10H2,1-2H3,(H,19,22)(H2,20,21,23)/t13-,15-,17-/m0/s1. The van der Waals surface area contributed by atoms with Crippen LogP contribution >= 0.6 is 11.8 Å². The number of rotatable bonds is 8. The van der Waals surface area contributed by atoms with E-state index in [1.165, 1.54) is 0 Å². The molecule has 3 amide bonds. The number of benzene rings is 1. The van der Waals surface area contributed by atoms with E-state index in [-0.39, 0.29) is 24.0 Å². The highest BCUT2D eigenvalue weighted by molar-refractivity contribution is 8.00. The van der Waals surface area contributed by atoms with Crippen molar-refractivity contribution < 1.29 is 19.1 Å². The average Bonchev–Trinajstić information content (AvgIpc) is 3.18. The number of amides is 3. The molecule has 7 nitrogen and oxygen atoms in total. The van der Waals surface area contributed by atoms with Crippen molar-refractivity contribution in [3.8, 4) is 11.5 Å². The number of hydrogen-bond donors (Lipinski definition) is 3. The van der Waals surface area contributed by atoms with E-state index >= 15 is 0 Å². The SMILES string of the molecule is COc1ccc(NC(=O)CCCC[C@@H]2SC[C@@H]3NC(=O)N[C@@H]32)c(OC)c1. The number of carbonyl (C=O) groups excluding carboxylic acids is 2. The Balaban J connectivity index is 1.40. The lowest BCUT2D eigenvalue weighted by Crippen LogP contribution is -2.36. The number of hydrogen-bond acceptors (Lipinski definition) is 5. The first-order valence-electron chi connectivity index (χ1n) is 8.81. The fraction of sp³-hybridized carbons (Fsp3) is 0.556. The molecule has 0 saturated carbocycles. The van der Waals surface area contributed by atoms with Crippen molar-refractivity contribution in [1.29, 1.82) is 0 Å². The van der Waals surface area contributed by atoms with Gasteiger partial charge in [0.25, 0.3) is 0 Å². The first-order valence-corrected chi connectivity index (χ1v) is 9.86. The topological polar surface area (TPSA) is 88.7 Å². The molecule has 0 aromatic heterocycles. The lowest BCUT2D eigenvalue weighted by atomic mass is 10.0. The fourth-order valence-electron chi connectivity index (χ4n) is 3.39. The molecular formula is C18H25N3O4S. The number of urea groups is 1. The third kappa shape index (κ3) is 4.35. The molecule has 0 aliphatic carbocycles. The number of thioether (sulfide) groups is 1. The maximum absolute atomic E-state index is 12.2. The van der Waals surface area contributed by atoms with Crippen LogP contribution in [-0.4, -0.2) is 49.2 Å². The Kier molecular flexibility index (Phi) is 6.13. The highest BCUT2D eigenvalue weighted by atomic mass is 32.2. The summed E-state index contributed by atoms with van der Waals surface area (Å²) in [5.74, 6) is 2.20. The van der Waals surface area contributed by atoms with E-state index in [1.54, 1.807) is 32.4 Å². The quantitative estimate of drug-likeness (QED) is 0.477. The zero-order chi connectivity index (χ0) is 18.5. The highest BCUT2D eigenvalue weighted by Crippen LogP contribution is 2.33. The molecule has 0 unspecified atom stereocenters. The first-order chi connectivity index (χ1) is 12.6. The lowest BCUT2D eigenvalue weighted by molar-refractivity contribution is -0.116. The molecule has 142 valence electrons. The number of carbonyl (C=O) groups is 2. The molecule has 1 aromatic carbocycles. The second kappa shape index (κ2) is 8.53. The van der Waals surface area contributed by atoms with Crippen molar-refractivity contribution >= 4 is 29.4 Å². The van der Waals surface area contributed by atoms with Gasteiger partial charge in [0.1, 0.15) is 11.5 Å². The van der Waals surface area contributed by atoms with Gasteiger partial charge in [0, 0.05) is 23.5 Å². The number of methoxy groups -OCH3 is 2. The van der Waals surface area contributed by atoms with Gasteiger partial charge in [0.2, 0.25) is 5.91 Å². The molecule has 0 radical (unpaired) electrons. The summed E-state index contributed by atoms with van der Waals surface area (Å²) in [4.78, 5) is 23.6. The summed E-state index contributed by atoms with van der Waals surface area (Å²) in [6.07, 6.45) is 3.25. The molecule has 2 saturated heterocycles. The fourth-order valence-corrected chi connectivity index (χ4v) is 4.93. The monoisotopic (exact) mass is 379 g/mol. The zero-order valence-corrected chi connectivity index (χ0v) is 15.9. The van der Waals surface area contributed by atoms with Crippen LogP contribution in [0.15, 0.2) is 18.2 Å². The van der Waals surface area contributed by atoms with E-state index in [0.717, 1.165) is 25.0 Å². The third-order valence-corrected chi connectivity index (χ3v) is 6.27. The van der Waals surface area contributed by atoms with Gasteiger partial charge in [-0.05, 0) is 25.0 Å². The Labute approximate surface area is 157 Å². The minimum atomic E-state index is -0.0573. The van der Waals surface area contributed by atoms with Gasteiger partial charge < -0.3 is 25.4 Å². The van der Waals surface area contributed by atoms with Crippen LogP contribution in [0.25, 0.3) is 0 Å². The Bertz CT molecular complexity index is 670. The summed E-state index contributed by atoms with van der Waals surface area (Å²) < 4.78 is 10.4. The molecule has 26 heavy (non-hydrogen) atoms. The Morgan fingerprint density at radius 3 is 2.88 bits per heavy atom. The van der Waals surface area contributed by atoms with Gasteiger partial charge >= 0.3 is 6.03 Å². The zero-order valence-electron chi connectivity index (χ0n) is 15.0. The van der Waals surface area contributed by atoms with Gasteiger partial charge in [-0.15, -0.1) is 0 Å². The van der Waals surface area contributed by atoms with E-state index in [0.29, 0.717) is 28.9 Å². The van der Waals surface area contributed by atoms with Gasteiger partial charge in [-0.25, -0.2) is 4.79 Å². The van der Waals surface area contributed by atoms with Crippen LogP contribution in [0.1, 0.15) is 25.7 Å². The predicted octanol–water partition coefficient (Wildman–Crippen LogP) is 2.37. The molecule has 3 N–H and O–H groups in total.